The fraction of sp³-hybridized carbons (Fsp3) is 0.312. The van der Waals surface area contributed by atoms with Crippen LogP contribution in [0.5, 0.6) is 0 Å². The number of piperazine rings is 1. The first-order valence-corrected chi connectivity index (χ1v) is 15.7. The lowest BCUT2D eigenvalue weighted by Crippen LogP contribution is -2.55. The number of hydrogen-bond donors (Lipinski definition) is 0. The van der Waals surface area contributed by atoms with Crippen molar-refractivity contribution < 1.29 is 9.59 Å². The number of halogens is 2. The molecule has 0 spiro atoms. The van der Waals surface area contributed by atoms with E-state index < -0.39 is 0 Å². The molecule has 0 saturated carbocycles. The van der Waals surface area contributed by atoms with Gasteiger partial charge in [0.2, 0.25) is 5.91 Å². The standard InChI is InChI=1S/C32H33Cl2N5O2S/c1-21-10-12-24(13-11-21)30-35-36-32(39(30)28-8-5-4-7-22(28)2)42-18-6-9-29(40)37-16-17-38(23(3)20-37)31(41)26-15-14-25(33)19-27(26)34/h4-5,7-8,10-15,19,23H,6,9,16-18,20H2,1-3H3. The zero-order valence-electron chi connectivity index (χ0n) is 23.9. The SMILES string of the molecule is Cc1ccc(-c2nnc(SCCCC(=O)N3CCN(C(=O)c4ccc(Cl)cc4Cl)C(C)C3)n2-c2ccccc2C)cc1. The van der Waals surface area contributed by atoms with Crippen LogP contribution in [0.3, 0.4) is 0 Å². The molecule has 1 unspecified atom stereocenters. The first-order chi connectivity index (χ1) is 20.2. The Hall–Kier alpha value is -3.33. The van der Waals surface area contributed by atoms with Crippen molar-refractivity contribution >= 4 is 46.8 Å². The van der Waals surface area contributed by atoms with E-state index in [0.717, 1.165) is 33.5 Å². The highest BCUT2D eigenvalue weighted by atomic mass is 35.5. The molecule has 218 valence electrons. The molecule has 10 heteroatoms. The lowest BCUT2D eigenvalue weighted by Gasteiger charge is -2.40. The quantitative estimate of drug-likeness (QED) is 0.155. The van der Waals surface area contributed by atoms with Crippen molar-refractivity contribution in [1.29, 1.82) is 0 Å². The molecule has 2 heterocycles. The van der Waals surface area contributed by atoms with Gasteiger partial charge >= 0.3 is 0 Å². The number of hydrogen-bond acceptors (Lipinski definition) is 5. The third-order valence-corrected chi connectivity index (χ3v) is 9.03. The fourth-order valence-corrected chi connectivity index (χ4v) is 6.51. The lowest BCUT2D eigenvalue weighted by molar-refractivity contribution is -0.133. The summed E-state index contributed by atoms with van der Waals surface area (Å²) in [5.74, 6) is 1.48. The minimum atomic E-state index is -0.143. The van der Waals surface area contributed by atoms with Crippen LogP contribution in [0.15, 0.2) is 71.9 Å². The second kappa shape index (κ2) is 13.3. The van der Waals surface area contributed by atoms with E-state index in [0.29, 0.717) is 48.1 Å². The van der Waals surface area contributed by atoms with Gasteiger partial charge in [0.15, 0.2) is 11.0 Å². The van der Waals surface area contributed by atoms with Gasteiger partial charge in [-0.2, -0.15) is 0 Å². The fourth-order valence-electron chi connectivity index (χ4n) is 5.13. The van der Waals surface area contributed by atoms with Gasteiger partial charge in [-0.25, -0.2) is 0 Å². The molecule has 1 saturated heterocycles. The van der Waals surface area contributed by atoms with Gasteiger partial charge in [-0.3, -0.25) is 14.2 Å². The van der Waals surface area contributed by atoms with E-state index in [2.05, 4.69) is 65.0 Å². The average Bonchev–Trinajstić information content (AvgIpc) is 3.39. The van der Waals surface area contributed by atoms with Crippen molar-refractivity contribution in [2.24, 2.45) is 0 Å². The normalized spacial score (nSPS) is 15.2. The predicted molar refractivity (Wildman–Crippen MR) is 170 cm³/mol. The number of carbonyl (C=O) groups is 2. The van der Waals surface area contributed by atoms with Gasteiger partial charge in [-0.1, -0.05) is 83.0 Å². The molecule has 4 aromatic rings. The zero-order valence-corrected chi connectivity index (χ0v) is 26.2. The van der Waals surface area contributed by atoms with Gasteiger partial charge in [0.1, 0.15) is 0 Å². The molecule has 1 aliphatic rings. The van der Waals surface area contributed by atoms with Gasteiger partial charge in [0.05, 0.1) is 16.3 Å². The highest BCUT2D eigenvalue weighted by molar-refractivity contribution is 7.99. The summed E-state index contributed by atoms with van der Waals surface area (Å²) in [6.45, 7) is 7.55. The maximum absolute atomic E-state index is 13.1. The average molecular weight is 623 g/mol. The van der Waals surface area contributed by atoms with Crippen molar-refractivity contribution in [2.45, 2.75) is 44.8 Å². The summed E-state index contributed by atoms with van der Waals surface area (Å²) in [5, 5.41) is 10.7. The van der Waals surface area contributed by atoms with Gasteiger partial charge in [0, 0.05) is 48.4 Å². The van der Waals surface area contributed by atoms with Gasteiger partial charge < -0.3 is 9.80 Å². The monoisotopic (exact) mass is 621 g/mol. The van der Waals surface area contributed by atoms with Crippen LogP contribution in [0.2, 0.25) is 10.0 Å². The van der Waals surface area contributed by atoms with Crippen LogP contribution in [0.4, 0.5) is 0 Å². The first kappa shape index (κ1) is 30.1. The molecule has 0 N–H and O–H groups in total. The van der Waals surface area contributed by atoms with E-state index in [-0.39, 0.29) is 17.9 Å². The molecule has 2 amide bonds. The Morgan fingerprint density at radius 1 is 0.976 bits per heavy atom. The summed E-state index contributed by atoms with van der Waals surface area (Å²) in [5.41, 5.74) is 4.79. The number of carbonyl (C=O) groups excluding carboxylic acids is 2. The van der Waals surface area contributed by atoms with Crippen molar-refractivity contribution in [3.8, 4) is 17.1 Å². The molecule has 42 heavy (non-hydrogen) atoms. The van der Waals surface area contributed by atoms with Crippen LogP contribution in [0, 0.1) is 13.8 Å². The molecule has 0 radical (unpaired) electrons. The molecule has 0 aliphatic carbocycles. The van der Waals surface area contributed by atoms with Crippen LogP contribution >= 0.6 is 35.0 Å². The van der Waals surface area contributed by atoms with E-state index in [9.17, 15) is 9.59 Å². The summed E-state index contributed by atoms with van der Waals surface area (Å²) in [4.78, 5) is 29.8. The van der Waals surface area contributed by atoms with Crippen LogP contribution in [0.25, 0.3) is 17.1 Å². The largest absolute Gasteiger partial charge is 0.339 e. The van der Waals surface area contributed by atoms with Crippen molar-refractivity contribution in [1.82, 2.24) is 24.6 Å². The van der Waals surface area contributed by atoms with Crippen LogP contribution in [0.1, 0.15) is 41.3 Å². The molecule has 1 aromatic heterocycles. The summed E-state index contributed by atoms with van der Waals surface area (Å²) >= 11 is 13.9. The van der Waals surface area contributed by atoms with E-state index in [4.69, 9.17) is 23.2 Å². The Labute approximate surface area is 260 Å². The number of benzene rings is 3. The Kier molecular flexibility index (Phi) is 9.56. The highest BCUT2D eigenvalue weighted by Gasteiger charge is 2.31. The topological polar surface area (TPSA) is 71.3 Å². The summed E-state index contributed by atoms with van der Waals surface area (Å²) < 4.78 is 2.11. The number of aromatic nitrogens is 3. The second-order valence-electron chi connectivity index (χ2n) is 10.6. The summed E-state index contributed by atoms with van der Waals surface area (Å²) in [7, 11) is 0. The molecule has 7 nitrogen and oxygen atoms in total. The van der Waals surface area contributed by atoms with E-state index in [1.54, 1.807) is 34.9 Å². The molecule has 1 fully saturated rings. The molecular weight excluding hydrogens is 589 g/mol. The molecular formula is C32H33Cl2N5O2S. The molecule has 3 aromatic carbocycles. The summed E-state index contributed by atoms with van der Waals surface area (Å²) in [6, 6.07) is 21.3. The van der Waals surface area contributed by atoms with Crippen LogP contribution in [-0.4, -0.2) is 67.8 Å². The van der Waals surface area contributed by atoms with Gasteiger partial charge in [-0.05, 0) is 57.0 Å². The van der Waals surface area contributed by atoms with E-state index in [1.807, 2.05) is 24.0 Å². The van der Waals surface area contributed by atoms with Crippen molar-refractivity contribution in [3.05, 3.63) is 93.5 Å². The second-order valence-corrected chi connectivity index (χ2v) is 12.5. The molecule has 5 rings (SSSR count). The molecule has 0 bridgehead atoms. The highest BCUT2D eigenvalue weighted by Crippen LogP contribution is 2.30. The maximum Gasteiger partial charge on any atom is 0.255 e. The third kappa shape index (κ3) is 6.66. The number of rotatable bonds is 8. The Morgan fingerprint density at radius 3 is 2.45 bits per heavy atom. The van der Waals surface area contributed by atoms with Gasteiger partial charge in [-0.15, -0.1) is 10.2 Å². The Bertz CT molecular complexity index is 1590. The minimum absolute atomic E-state index is 0.0970. The predicted octanol–water partition coefficient (Wildman–Crippen LogP) is 7.10. The molecule has 1 atom stereocenters. The van der Waals surface area contributed by atoms with Crippen LogP contribution in [-0.2, 0) is 4.79 Å². The Balaban J connectivity index is 1.19. The van der Waals surface area contributed by atoms with Crippen molar-refractivity contribution in [2.75, 3.05) is 25.4 Å². The minimum Gasteiger partial charge on any atom is -0.339 e. The van der Waals surface area contributed by atoms with Gasteiger partial charge in [0.25, 0.3) is 5.91 Å². The maximum atomic E-state index is 13.1. The number of thioether (sulfide) groups is 1. The smallest absolute Gasteiger partial charge is 0.255 e. The molecule has 1 aliphatic heterocycles. The summed E-state index contributed by atoms with van der Waals surface area (Å²) in [6.07, 6.45) is 1.14. The lowest BCUT2D eigenvalue weighted by atomic mass is 10.1. The third-order valence-electron chi connectivity index (χ3n) is 7.47. The van der Waals surface area contributed by atoms with E-state index in [1.165, 1.54) is 5.56 Å². The van der Waals surface area contributed by atoms with E-state index >= 15 is 0 Å². The number of amides is 2. The zero-order chi connectivity index (χ0) is 29.8. The number of para-hydroxylation sites is 1. The first-order valence-electron chi connectivity index (χ1n) is 14.0. The number of nitrogens with zero attached hydrogens (tertiary/aromatic N) is 5. The Morgan fingerprint density at radius 2 is 1.74 bits per heavy atom. The van der Waals surface area contributed by atoms with Crippen LogP contribution < -0.4 is 0 Å². The number of aryl methyl sites for hydroxylation is 2. The van der Waals surface area contributed by atoms with Crippen molar-refractivity contribution in [3.63, 3.8) is 0 Å².